The number of H-pyrrole nitrogens is 1. The van der Waals surface area contributed by atoms with Gasteiger partial charge in [-0.15, -0.1) is 0 Å². The molecule has 148 valence electrons. The zero-order valence-electron chi connectivity index (χ0n) is 16.5. The van der Waals surface area contributed by atoms with Crippen LogP contribution in [0.4, 0.5) is 0 Å². The first kappa shape index (κ1) is 19.0. The normalized spacial score (nSPS) is 16.5. The summed E-state index contributed by atoms with van der Waals surface area (Å²) in [5.41, 5.74) is 2.79. The Morgan fingerprint density at radius 3 is 2.61 bits per heavy atom. The number of carbonyl (C=O) groups is 1. The second-order valence-corrected chi connectivity index (χ2v) is 10.2. The maximum atomic E-state index is 12.9. The molecule has 2 heterocycles. The second kappa shape index (κ2) is 6.32. The van der Waals surface area contributed by atoms with Gasteiger partial charge >= 0.3 is 0 Å². The number of hydrogen-bond donors (Lipinski definition) is 2. The molecule has 0 bridgehead atoms. The highest BCUT2D eigenvalue weighted by molar-refractivity contribution is 7.89. The number of aromatic amines is 1. The molecule has 0 saturated heterocycles. The highest BCUT2D eigenvalue weighted by Crippen LogP contribution is 2.38. The zero-order chi connectivity index (χ0) is 20.3. The van der Waals surface area contributed by atoms with Crippen LogP contribution in [0.15, 0.2) is 33.6 Å². The van der Waals surface area contributed by atoms with Crippen molar-refractivity contribution < 1.29 is 17.6 Å². The monoisotopic (exact) mass is 400 g/mol. The molecule has 0 atom stereocenters. The van der Waals surface area contributed by atoms with Crippen LogP contribution >= 0.6 is 0 Å². The summed E-state index contributed by atoms with van der Waals surface area (Å²) in [6.07, 6.45) is 1.26. The summed E-state index contributed by atoms with van der Waals surface area (Å²) >= 11 is 0. The lowest BCUT2D eigenvalue weighted by Crippen LogP contribution is -2.26. The Morgan fingerprint density at radius 2 is 1.93 bits per heavy atom. The Balaban J connectivity index is 1.72. The van der Waals surface area contributed by atoms with Gasteiger partial charge in [-0.1, -0.05) is 13.8 Å². The van der Waals surface area contributed by atoms with E-state index in [1.54, 1.807) is 31.2 Å². The van der Waals surface area contributed by atoms with E-state index in [1.165, 1.54) is 0 Å². The number of nitrogens with one attached hydrogen (secondary N) is 2. The predicted molar refractivity (Wildman–Crippen MR) is 107 cm³/mol. The van der Waals surface area contributed by atoms with Crippen molar-refractivity contribution in [2.75, 3.05) is 0 Å². The van der Waals surface area contributed by atoms with Gasteiger partial charge in [-0.3, -0.25) is 4.79 Å². The molecule has 3 aromatic rings. The van der Waals surface area contributed by atoms with Crippen LogP contribution in [0.25, 0.3) is 10.9 Å². The molecule has 1 aromatic carbocycles. The van der Waals surface area contributed by atoms with Gasteiger partial charge in [0.25, 0.3) is 0 Å². The molecule has 6 nitrogen and oxygen atoms in total. The summed E-state index contributed by atoms with van der Waals surface area (Å²) in [5, 5.41) is 0.800. The van der Waals surface area contributed by atoms with E-state index in [4.69, 9.17) is 4.42 Å². The van der Waals surface area contributed by atoms with E-state index >= 15 is 0 Å². The van der Waals surface area contributed by atoms with E-state index in [1.807, 2.05) is 6.92 Å². The third kappa shape index (κ3) is 3.29. The number of aromatic nitrogens is 1. The third-order valence-corrected chi connectivity index (χ3v) is 6.81. The first-order valence-electron chi connectivity index (χ1n) is 9.29. The molecule has 1 aliphatic carbocycles. The summed E-state index contributed by atoms with van der Waals surface area (Å²) in [5.74, 6) is 1.40. The lowest BCUT2D eigenvalue weighted by atomic mass is 9.76. The molecule has 1 aliphatic rings. The van der Waals surface area contributed by atoms with Crippen molar-refractivity contribution in [1.82, 2.24) is 9.71 Å². The minimum atomic E-state index is -3.72. The van der Waals surface area contributed by atoms with Crippen LogP contribution in [-0.4, -0.2) is 19.2 Å². The van der Waals surface area contributed by atoms with Gasteiger partial charge in [0.2, 0.25) is 10.0 Å². The minimum Gasteiger partial charge on any atom is -0.465 e. The van der Waals surface area contributed by atoms with Crippen LogP contribution in [0, 0.1) is 19.3 Å². The minimum absolute atomic E-state index is 0.0849. The van der Waals surface area contributed by atoms with Crippen LogP contribution in [0.3, 0.4) is 0 Å². The van der Waals surface area contributed by atoms with E-state index in [0.717, 1.165) is 23.3 Å². The maximum absolute atomic E-state index is 12.9. The van der Waals surface area contributed by atoms with Gasteiger partial charge in [0, 0.05) is 28.6 Å². The van der Waals surface area contributed by atoms with E-state index in [0.29, 0.717) is 28.8 Å². The summed E-state index contributed by atoms with van der Waals surface area (Å²) in [7, 11) is -3.72. The van der Waals surface area contributed by atoms with Gasteiger partial charge in [0.1, 0.15) is 11.5 Å². The van der Waals surface area contributed by atoms with Gasteiger partial charge in [-0.25, -0.2) is 13.1 Å². The molecule has 0 radical (unpaired) electrons. The quantitative estimate of drug-likeness (QED) is 0.692. The van der Waals surface area contributed by atoms with E-state index in [2.05, 4.69) is 23.6 Å². The molecule has 7 heteroatoms. The predicted octanol–water partition coefficient (Wildman–Crippen LogP) is 4.01. The third-order valence-electron chi connectivity index (χ3n) is 5.27. The number of hydrogen-bond acceptors (Lipinski definition) is 4. The van der Waals surface area contributed by atoms with Gasteiger partial charge in [-0.2, -0.15) is 0 Å². The Kier molecular flexibility index (Phi) is 4.28. The van der Waals surface area contributed by atoms with Crippen molar-refractivity contribution in [2.24, 2.45) is 5.41 Å². The fourth-order valence-corrected chi connectivity index (χ4v) is 5.26. The molecule has 0 saturated carbocycles. The first-order chi connectivity index (χ1) is 13.1. The van der Waals surface area contributed by atoms with Crippen molar-refractivity contribution in [3.63, 3.8) is 0 Å². The molecule has 4 rings (SSSR count). The molecule has 0 amide bonds. The molecular weight excluding hydrogens is 376 g/mol. The summed E-state index contributed by atoms with van der Waals surface area (Å²) in [6.45, 7) is 7.79. The number of Topliss-reactive ketones (excluding diaryl/α,β-unsaturated/α-hetero) is 1. The van der Waals surface area contributed by atoms with Crippen molar-refractivity contribution >= 4 is 26.7 Å². The summed E-state index contributed by atoms with van der Waals surface area (Å²) < 4.78 is 33.7. The molecule has 0 unspecified atom stereocenters. The van der Waals surface area contributed by atoms with Gasteiger partial charge < -0.3 is 9.40 Å². The van der Waals surface area contributed by atoms with Crippen LogP contribution < -0.4 is 4.72 Å². The average Bonchev–Trinajstić information content (AvgIpc) is 3.13. The Labute approximate surface area is 164 Å². The van der Waals surface area contributed by atoms with Gasteiger partial charge in [0.05, 0.1) is 11.4 Å². The number of fused-ring (bicyclic) bond motifs is 3. The van der Waals surface area contributed by atoms with Crippen LogP contribution in [0.5, 0.6) is 0 Å². The van der Waals surface area contributed by atoms with Gasteiger partial charge in [-0.05, 0) is 55.5 Å². The molecular formula is C21H24N2O4S. The molecule has 0 fully saturated rings. The topological polar surface area (TPSA) is 92.2 Å². The SMILES string of the molecule is Cc1ccc(CNS(=O)(=O)c2cc3[nH]c4c(c3cc2C)C(=O)CC(C)(C)C4)o1. The number of aryl methyl sites for hydroxylation is 2. The van der Waals surface area contributed by atoms with Crippen LogP contribution in [0.1, 0.15) is 53.4 Å². The lowest BCUT2D eigenvalue weighted by Gasteiger charge is -2.28. The van der Waals surface area contributed by atoms with Crippen LogP contribution in [-0.2, 0) is 23.0 Å². The maximum Gasteiger partial charge on any atom is 0.241 e. The standard InChI is InChI=1S/C21H24N2O4S/c1-12-7-15-16(23-17-9-21(3,4)10-18(24)20(15)17)8-19(12)28(25,26)22-11-14-6-5-13(2)27-14/h5-8,22-23H,9-11H2,1-4H3. The highest BCUT2D eigenvalue weighted by Gasteiger charge is 2.34. The van der Waals surface area contributed by atoms with Crippen molar-refractivity contribution in [3.05, 3.63) is 52.6 Å². The van der Waals surface area contributed by atoms with E-state index < -0.39 is 10.0 Å². The smallest absolute Gasteiger partial charge is 0.241 e. The van der Waals surface area contributed by atoms with Crippen molar-refractivity contribution in [1.29, 1.82) is 0 Å². The van der Waals surface area contributed by atoms with E-state index in [9.17, 15) is 13.2 Å². The molecule has 0 aliphatic heterocycles. The molecule has 2 N–H and O–H groups in total. The lowest BCUT2D eigenvalue weighted by molar-refractivity contribution is 0.0913. The van der Waals surface area contributed by atoms with Gasteiger partial charge in [0.15, 0.2) is 5.78 Å². The fraction of sp³-hybridized carbons (Fsp3) is 0.381. The largest absolute Gasteiger partial charge is 0.465 e. The highest BCUT2D eigenvalue weighted by atomic mass is 32.2. The number of rotatable bonds is 4. The number of ketones is 1. The number of benzene rings is 1. The summed E-state index contributed by atoms with van der Waals surface area (Å²) in [6, 6.07) is 6.97. The Bertz CT molecular complexity index is 1200. The van der Waals surface area contributed by atoms with Crippen LogP contribution in [0.2, 0.25) is 0 Å². The molecule has 0 spiro atoms. The fourth-order valence-electron chi connectivity index (χ4n) is 4.01. The number of carbonyl (C=O) groups excluding carboxylic acids is 1. The van der Waals surface area contributed by atoms with Crippen molar-refractivity contribution in [3.8, 4) is 0 Å². The summed E-state index contributed by atoms with van der Waals surface area (Å²) in [4.78, 5) is 16.2. The molecule has 2 aromatic heterocycles. The average molecular weight is 401 g/mol. The Morgan fingerprint density at radius 1 is 1.18 bits per heavy atom. The number of furan rings is 1. The second-order valence-electron chi connectivity index (χ2n) is 8.42. The zero-order valence-corrected chi connectivity index (χ0v) is 17.3. The van der Waals surface area contributed by atoms with E-state index in [-0.39, 0.29) is 22.6 Å². The molecule has 28 heavy (non-hydrogen) atoms. The Hall–Kier alpha value is -2.38. The number of sulfonamides is 1. The van der Waals surface area contributed by atoms with Crippen molar-refractivity contribution in [2.45, 2.75) is 52.0 Å². The first-order valence-corrected chi connectivity index (χ1v) is 10.8.